The third-order valence-electron chi connectivity index (χ3n) is 2.81. The maximum Gasteiger partial charge on any atom is 0.229 e. The molecule has 0 spiro atoms. The number of anilines is 1. The van der Waals surface area contributed by atoms with Crippen LogP contribution >= 0.6 is 0 Å². The molecule has 4 heteroatoms. The SMILES string of the molecule is CC(CCCN)C(=O)N(C)c1ccccc1F. The lowest BCUT2D eigenvalue weighted by molar-refractivity contribution is -0.121. The van der Waals surface area contributed by atoms with Gasteiger partial charge in [-0.3, -0.25) is 4.79 Å². The van der Waals surface area contributed by atoms with E-state index in [9.17, 15) is 9.18 Å². The van der Waals surface area contributed by atoms with Crippen LogP contribution in [0.4, 0.5) is 10.1 Å². The summed E-state index contributed by atoms with van der Waals surface area (Å²) < 4.78 is 13.5. The molecule has 0 aliphatic carbocycles. The summed E-state index contributed by atoms with van der Waals surface area (Å²) in [6.45, 7) is 2.41. The van der Waals surface area contributed by atoms with Crippen molar-refractivity contribution in [1.82, 2.24) is 0 Å². The van der Waals surface area contributed by atoms with Crippen LogP contribution < -0.4 is 10.6 Å². The van der Waals surface area contributed by atoms with E-state index in [-0.39, 0.29) is 17.6 Å². The molecule has 2 N–H and O–H groups in total. The van der Waals surface area contributed by atoms with Crippen LogP contribution in [0.3, 0.4) is 0 Å². The zero-order chi connectivity index (χ0) is 12.8. The van der Waals surface area contributed by atoms with Crippen LogP contribution in [0.1, 0.15) is 19.8 Å². The Hall–Kier alpha value is -1.42. The highest BCUT2D eigenvalue weighted by Crippen LogP contribution is 2.20. The number of para-hydroxylation sites is 1. The van der Waals surface area contributed by atoms with E-state index >= 15 is 0 Å². The summed E-state index contributed by atoms with van der Waals surface area (Å²) in [5, 5.41) is 0. The van der Waals surface area contributed by atoms with Gasteiger partial charge in [-0.05, 0) is 31.5 Å². The fraction of sp³-hybridized carbons (Fsp3) is 0.462. The maximum atomic E-state index is 13.5. The van der Waals surface area contributed by atoms with Gasteiger partial charge in [0.2, 0.25) is 5.91 Å². The zero-order valence-electron chi connectivity index (χ0n) is 10.3. The van der Waals surface area contributed by atoms with E-state index in [0.29, 0.717) is 12.2 Å². The van der Waals surface area contributed by atoms with E-state index in [4.69, 9.17) is 5.73 Å². The minimum Gasteiger partial charge on any atom is -0.330 e. The van der Waals surface area contributed by atoms with Gasteiger partial charge in [-0.15, -0.1) is 0 Å². The van der Waals surface area contributed by atoms with Crippen molar-refractivity contribution < 1.29 is 9.18 Å². The summed E-state index contributed by atoms with van der Waals surface area (Å²) in [5.74, 6) is -0.596. The standard InChI is InChI=1S/C13H19FN2O/c1-10(6-5-9-15)13(17)16(2)12-8-4-3-7-11(12)14/h3-4,7-8,10H,5-6,9,15H2,1-2H3. The lowest BCUT2D eigenvalue weighted by Gasteiger charge is -2.21. The fourth-order valence-corrected chi connectivity index (χ4v) is 1.72. The van der Waals surface area contributed by atoms with Crippen LogP contribution in [0.25, 0.3) is 0 Å². The topological polar surface area (TPSA) is 46.3 Å². The minimum atomic E-state index is -0.380. The molecule has 0 aliphatic heterocycles. The highest BCUT2D eigenvalue weighted by atomic mass is 19.1. The smallest absolute Gasteiger partial charge is 0.229 e. The predicted molar refractivity (Wildman–Crippen MR) is 67.3 cm³/mol. The predicted octanol–water partition coefficient (Wildman–Crippen LogP) is 2.16. The monoisotopic (exact) mass is 238 g/mol. The second kappa shape index (κ2) is 6.35. The first-order valence-electron chi connectivity index (χ1n) is 5.80. The van der Waals surface area contributed by atoms with Crippen LogP contribution in [0, 0.1) is 11.7 Å². The zero-order valence-corrected chi connectivity index (χ0v) is 10.3. The van der Waals surface area contributed by atoms with Crippen molar-refractivity contribution in [3.8, 4) is 0 Å². The summed E-state index contributed by atoms with van der Waals surface area (Å²) in [6, 6.07) is 6.27. The Labute approximate surface area is 101 Å². The Kier molecular flexibility index (Phi) is 5.10. The number of benzene rings is 1. The minimum absolute atomic E-state index is 0.0800. The van der Waals surface area contributed by atoms with Gasteiger partial charge < -0.3 is 10.6 Å². The summed E-state index contributed by atoms with van der Waals surface area (Å²) in [6.07, 6.45) is 1.53. The number of amides is 1. The molecule has 0 fully saturated rings. The second-order valence-electron chi connectivity index (χ2n) is 4.18. The second-order valence-corrected chi connectivity index (χ2v) is 4.18. The fourth-order valence-electron chi connectivity index (χ4n) is 1.72. The molecule has 17 heavy (non-hydrogen) atoms. The molecule has 1 aromatic rings. The molecule has 94 valence electrons. The Balaban J connectivity index is 2.73. The number of nitrogens with zero attached hydrogens (tertiary/aromatic N) is 1. The largest absolute Gasteiger partial charge is 0.330 e. The van der Waals surface area contributed by atoms with Gasteiger partial charge in [0.15, 0.2) is 0 Å². The first-order valence-corrected chi connectivity index (χ1v) is 5.80. The Morgan fingerprint density at radius 3 is 2.71 bits per heavy atom. The van der Waals surface area contributed by atoms with Gasteiger partial charge in [0.05, 0.1) is 5.69 Å². The number of hydrogen-bond donors (Lipinski definition) is 1. The van der Waals surface area contributed by atoms with Crippen LogP contribution in [0.2, 0.25) is 0 Å². The molecule has 3 nitrogen and oxygen atoms in total. The highest BCUT2D eigenvalue weighted by Gasteiger charge is 2.19. The third kappa shape index (κ3) is 3.53. The van der Waals surface area contributed by atoms with E-state index in [0.717, 1.165) is 12.8 Å². The number of rotatable bonds is 5. The average molecular weight is 238 g/mol. The lowest BCUT2D eigenvalue weighted by Crippen LogP contribution is -2.32. The molecule has 0 aromatic heterocycles. The summed E-state index contributed by atoms with van der Waals surface area (Å²) >= 11 is 0. The molecule has 0 saturated carbocycles. The van der Waals surface area contributed by atoms with Gasteiger partial charge in [0.1, 0.15) is 5.82 Å². The van der Waals surface area contributed by atoms with Crippen LogP contribution in [-0.4, -0.2) is 19.5 Å². The summed E-state index contributed by atoms with van der Waals surface area (Å²) in [4.78, 5) is 13.4. The quantitative estimate of drug-likeness (QED) is 0.854. The van der Waals surface area contributed by atoms with Crippen LogP contribution in [0.5, 0.6) is 0 Å². The van der Waals surface area contributed by atoms with Gasteiger partial charge in [-0.2, -0.15) is 0 Å². The summed E-state index contributed by atoms with van der Waals surface area (Å²) in [5.41, 5.74) is 5.72. The molecule has 1 amide bonds. The third-order valence-corrected chi connectivity index (χ3v) is 2.81. The normalized spacial score (nSPS) is 12.2. The Morgan fingerprint density at radius 1 is 1.47 bits per heavy atom. The van der Waals surface area contributed by atoms with E-state index in [2.05, 4.69) is 0 Å². The van der Waals surface area contributed by atoms with Crippen molar-refractivity contribution in [2.75, 3.05) is 18.5 Å². The van der Waals surface area contributed by atoms with E-state index < -0.39 is 0 Å². The molecule has 0 aliphatic rings. The number of hydrogen-bond acceptors (Lipinski definition) is 2. The molecule has 0 bridgehead atoms. The van der Waals surface area contributed by atoms with Crippen LogP contribution in [-0.2, 0) is 4.79 Å². The summed E-state index contributed by atoms with van der Waals surface area (Å²) in [7, 11) is 1.60. The van der Waals surface area contributed by atoms with Crippen molar-refractivity contribution in [1.29, 1.82) is 0 Å². The molecule has 0 saturated heterocycles. The van der Waals surface area contributed by atoms with Crippen molar-refractivity contribution in [3.63, 3.8) is 0 Å². The highest BCUT2D eigenvalue weighted by molar-refractivity contribution is 5.94. The lowest BCUT2D eigenvalue weighted by atomic mass is 10.0. The van der Waals surface area contributed by atoms with Gasteiger partial charge in [-0.1, -0.05) is 19.1 Å². The molecule has 1 unspecified atom stereocenters. The maximum absolute atomic E-state index is 13.5. The number of nitrogens with two attached hydrogens (primary N) is 1. The molecular weight excluding hydrogens is 219 g/mol. The Bertz CT molecular complexity index is 381. The molecular formula is C13H19FN2O. The van der Waals surface area contributed by atoms with Crippen molar-refractivity contribution >= 4 is 11.6 Å². The average Bonchev–Trinajstić information content (AvgIpc) is 2.34. The molecule has 1 atom stereocenters. The van der Waals surface area contributed by atoms with E-state index in [1.807, 2.05) is 6.92 Å². The van der Waals surface area contributed by atoms with Gasteiger partial charge in [0, 0.05) is 13.0 Å². The van der Waals surface area contributed by atoms with Gasteiger partial charge >= 0.3 is 0 Å². The molecule has 1 rings (SSSR count). The number of carbonyl (C=O) groups excluding carboxylic acids is 1. The first kappa shape index (κ1) is 13.6. The van der Waals surface area contributed by atoms with Crippen molar-refractivity contribution in [2.45, 2.75) is 19.8 Å². The van der Waals surface area contributed by atoms with E-state index in [1.54, 1.807) is 25.2 Å². The van der Waals surface area contributed by atoms with E-state index in [1.165, 1.54) is 11.0 Å². The van der Waals surface area contributed by atoms with Gasteiger partial charge in [-0.25, -0.2) is 4.39 Å². The number of carbonyl (C=O) groups is 1. The van der Waals surface area contributed by atoms with Crippen LogP contribution in [0.15, 0.2) is 24.3 Å². The molecule has 1 aromatic carbocycles. The van der Waals surface area contributed by atoms with Gasteiger partial charge in [0.25, 0.3) is 0 Å². The molecule has 0 radical (unpaired) electrons. The first-order chi connectivity index (χ1) is 8.07. The molecule has 0 heterocycles. The Morgan fingerprint density at radius 2 is 2.12 bits per heavy atom. The number of halogens is 1. The van der Waals surface area contributed by atoms with Crippen molar-refractivity contribution in [3.05, 3.63) is 30.1 Å². The van der Waals surface area contributed by atoms with Crippen molar-refractivity contribution in [2.24, 2.45) is 11.7 Å².